The first kappa shape index (κ1) is 20.4. The topological polar surface area (TPSA) is 36.3 Å². The molecule has 5 nitrogen and oxygen atoms in total. The van der Waals surface area contributed by atoms with Gasteiger partial charge in [-0.05, 0) is 76.8 Å². The predicted octanol–water partition coefficient (Wildman–Crippen LogP) is 4.15. The molecule has 4 rings (SSSR count). The van der Waals surface area contributed by atoms with Crippen LogP contribution in [-0.4, -0.2) is 51.6 Å². The molecule has 0 radical (unpaired) electrons. The highest BCUT2D eigenvalue weighted by Crippen LogP contribution is 2.42. The Bertz CT molecular complexity index is 854. The molecule has 1 aliphatic heterocycles. The molecule has 0 amide bonds. The number of hydrogen-bond acceptors (Lipinski definition) is 3. The van der Waals surface area contributed by atoms with Gasteiger partial charge in [0.15, 0.2) is 5.11 Å². The first-order valence-corrected chi connectivity index (χ1v) is 11.2. The van der Waals surface area contributed by atoms with Crippen molar-refractivity contribution in [1.82, 2.24) is 24.7 Å². The van der Waals surface area contributed by atoms with Crippen molar-refractivity contribution in [3.63, 3.8) is 0 Å². The van der Waals surface area contributed by atoms with Crippen LogP contribution in [-0.2, 0) is 0 Å². The summed E-state index contributed by atoms with van der Waals surface area (Å²) in [6.07, 6.45) is 7.16. The lowest BCUT2D eigenvalue weighted by Gasteiger charge is -2.29. The standard InChI is InChI=1S/C23H33N5S/c1-16-15-19(17(2)28(16)18-9-5-6-10-18)22-21(20-11-7-8-12-24-20)25-23(29)27(22)14-13-26(3)4/h7-8,11-12,15,18,21-22H,5-6,9-10,13-14H2,1-4H3,(H,25,29)/t21-,22-/m1/s1. The number of hydrogen-bond donors (Lipinski definition) is 1. The van der Waals surface area contributed by atoms with Crippen LogP contribution in [0.4, 0.5) is 0 Å². The Labute approximate surface area is 180 Å². The van der Waals surface area contributed by atoms with Gasteiger partial charge < -0.3 is 19.7 Å². The fourth-order valence-electron chi connectivity index (χ4n) is 5.12. The number of thiocarbonyl (C=S) groups is 1. The molecule has 2 fully saturated rings. The Morgan fingerprint density at radius 2 is 1.97 bits per heavy atom. The summed E-state index contributed by atoms with van der Waals surface area (Å²) in [6, 6.07) is 9.43. The van der Waals surface area contributed by atoms with E-state index in [0.29, 0.717) is 6.04 Å². The lowest BCUT2D eigenvalue weighted by atomic mass is 9.96. The summed E-state index contributed by atoms with van der Waals surface area (Å²) >= 11 is 5.80. The minimum atomic E-state index is 0.0726. The van der Waals surface area contributed by atoms with Gasteiger partial charge >= 0.3 is 0 Å². The lowest BCUT2D eigenvalue weighted by Crippen LogP contribution is -2.35. The summed E-state index contributed by atoms with van der Waals surface area (Å²) in [5.74, 6) is 0. The van der Waals surface area contributed by atoms with Crippen molar-refractivity contribution in [1.29, 1.82) is 0 Å². The minimum absolute atomic E-state index is 0.0726. The fraction of sp³-hybridized carbons (Fsp3) is 0.565. The van der Waals surface area contributed by atoms with Crippen molar-refractivity contribution in [2.75, 3.05) is 27.2 Å². The van der Waals surface area contributed by atoms with Crippen LogP contribution in [0.3, 0.4) is 0 Å². The van der Waals surface area contributed by atoms with E-state index in [1.807, 2.05) is 12.3 Å². The van der Waals surface area contributed by atoms with Gasteiger partial charge in [0, 0.05) is 36.7 Å². The second kappa shape index (κ2) is 8.44. The van der Waals surface area contributed by atoms with Gasteiger partial charge in [-0.15, -0.1) is 0 Å². The molecule has 1 aliphatic carbocycles. The van der Waals surface area contributed by atoms with Crippen molar-refractivity contribution < 1.29 is 0 Å². The van der Waals surface area contributed by atoms with Crippen molar-refractivity contribution in [2.45, 2.75) is 57.7 Å². The van der Waals surface area contributed by atoms with Crippen molar-refractivity contribution >= 4 is 17.3 Å². The molecule has 1 saturated heterocycles. The monoisotopic (exact) mass is 411 g/mol. The van der Waals surface area contributed by atoms with Crippen LogP contribution in [0.1, 0.15) is 66.5 Å². The quantitative estimate of drug-likeness (QED) is 0.723. The zero-order chi connectivity index (χ0) is 20.5. The van der Waals surface area contributed by atoms with Gasteiger partial charge in [-0.25, -0.2) is 0 Å². The molecule has 1 saturated carbocycles. The third-order valence-corrected chi connectivity index (χ3v) is 6.87. The third-order valence-electron chi connectivity index (χ3n) is 6.52. The van der Waals surface area contributed by atoms with Gasteiger partial charge in [0.1, 0.15) is 0 Å². The molecule has 3 heterocycles. The molecule has 29 heavy (non-hydrogen) atoms. The maximum Gasteiger partial charge on any atom is 0.170 e. The molecule has 0 aromatic carbocycles. The van der Waals surface area contributed by atoms with Crippen LogP contribution in [0.2, 0.25) is 0 Å². The van der Waals surface area contributed by atoms with Crippen LogP contribution in [0, 0.1) is 13.8 Å². The maximum absolute atomic E-state index is 5.80. The van der Waals surface area contributed by atoms with Crippen LogP contribution >= 0.6 is 12.2 Å². The van der Waals surface area contributed by atoms with E-state index in [2.05, 4.69) is 70.8 Å². The summed E-state index contributed by atoms with van der Waals surface area (Å²) in [4.78, 5) is 9.26. The largest absolute Gasteiger partial charge is 0.352 e. The Morgan fingerprint density at radius 1 is 1.21 bits per heavy atom. The highest BCUT2D eigenvalue weighted by Gasteiger charge is 2.41. The molecule has 0 bridgehead atoms. The second-order valence-electron chi connectivity index (χ2n) is 8.76. The van der Waals surface area contributed by atoms with E-state index in [4.69, 9.17) is 12.2 Å². The number of pyridine rings is 1. The van der Waals surface area contributed by atoms with E-state index in [1.54, 1.807) is 0 Å². The molecule has 2 aliphatic rings. The summed E-state index contributed by atoms with van der Waals surface area (Å²) in [6.45, 7) is 6.42. The number of aryl methyl sites for hydroxylation is 1. The summed E-state index contributed by atoms with van der Waals surface area (Å²) in [5, 5.41) is 4.42. The van der Waals surface area contributed by atoms with Crippen molar-refractivity contribution in [3.8, 4) is 0 Å². The van der Waals surface area contributed by atoms with Crippen molar-refractivity contribution in [2.24, 2.45) is 0 Å². The summed E-state index contributed by atoms with van der Waals surface area (Å²) in [5.41, 5.74) is 5.20. The summed E-state index contributed by atoms with van der Waals surface area (Å²) < 4.78 is 2.59. The van der Waals surface area contributed by atoms with Gasteiger partial charge in [-0.3, -0.25) is 4.98 Å². The highest BCUT2D eigenvalue weighted by molar-refractivity contribution is 7.80. The van der Waals surface area contributed by atoms with E-state index in [1.165, 1.54) is 42.6 Å². The number of nitrogens with zero attached hydrogens (tertiary/aromatic N) is 4. The Balaban J connectivity index is 1.75. The normalized spacial score (nSPS) is 22.7. The molecular weight excluding hydrogens is 378 g/mol. The molecule has 0 unspecified atom stereocenters. The maximum atomic E-state index is 5.80. The van der Waals surface area contributed by atoms with Crippen LogP contribution in [0.5, 0.6) is 0 Å². The average Bonchev–Trinajstić information content (AvgIpc) is 3.39. The number of nitrogens with one attached hydrogen (secondary N) is 1. The zero-order valence-corrected chi connectivity index (χ0v) is 18.9. The average molecular weight is 412 g/mol. The first-order valence-electron chi connectivity index (χ1n) is 10.8. The van der Waals surface area contributed by atoms with Gasteiger partial charge in [0.25, 0.3) is 0 Å². The Kier molecular flexibility index (Phi) is 5.93. The fourth-order valence-corrected chi connectivity index (χ4v) is 5.45. The number of rotatable bonds is 6. The predicted molar refractivity (Wildman–Crippen MR) is 122 cm³/mol. The number of aromatic nitrogens is 2. The SMILES string of the molecule is Cc1cc([C@@H]2[C@@H](c3ccccn3)NC(=S)N2CCN(C)C)c(C)n1C1CCCC1. The van der Waals surface area contributed by atoms with E-state index < -0.39 is 0 Å². The molecule has 2 atom stereocenters. The Hall–Kier alpha value is -1.92. The lowest BCUT2D eigenvalue weighted by molar-refractivity contribution is 0.276. The number of likely N-dealkylation sites (N-methyl/N-ethyl adjacent to an activating group) is 1. The van der Waals surface area contributed by atoms with Gasteiger partial charge in [0.05, 0.1) is 17.8 Å². The molecule has 6 heteroatoms. The van der Waals surface area contributed by atoms with Gasteiger partial charge in [-0.1, -0.05) is 18.9 Å². The minimum Gasteiger partial charge on any atom is -0.352 e. The van der Waals surface area contributed by atoms with E-state index in [-0.39, 0.29) is 12.1 Å². The third kappa shape index (κ3) is 3.92. The molecule has 1 N–H and O–H groups in total. The van der Waals surface area contributed by atoms with Crippen molar-refractivity contribution in [3.05, 3.63) is 53.1 Å². The smallest absolute Gasteiger partial charge is 0.170 e. The highest BCUT2D eigenvalue weighted by atomic mass is 32.1. The molecule has 156 valence electrons. The zero-order valence-electron chi connectivity index (χ0n) is 18.1. The second-order valence-corrected chi connectivity index (χ2v) is 9.14. The molecule has 0 spiro atoms. The van der Waals surface area contributed by atoms with E-state index in [0.717, 1.165) is 23.9 Å². The van der Waals surface area contributed by atoms with Gasteiger partial charge in [-0.2, -0.15) is 0 Å². The molecule has 2 aromatic rings. The first-order chi connectivity index (χ1) is 14.0. The molecule has 2 aromatic heterocycles. The van der Waals surface area contributed by atoms with Gasteiger partial charge in [0.2, 0.25) is 0 Å². The Morgan fingerprint density at radius 3 is 2.62 bits per heavy atom. The van der Waals surface area contributed by atoms with Crippen LogP contribution in [0.15, 0.2) is 30.5 Å². The summed E-state index contributed by atoms with van der Waals surface area (Å²) in [7, 11) is 4.23. The van der Waals surface area contributed by atoms with Crippen LogP contribution in [0.25, 0.3) is 0 Å². The van der Waals surface area contributed by atoms with Crippen LogP contribution < -0.4 is 5.32 Å². The van der Waals surface area contributed by atoms with E-state index >= 15 is 0 Å². The van der Waals surface area contributed by atoms with E-state index in [9.17, 15) is 0 Å². The molecular formula is C23H33N5S.